The number of nitrogens with one attached hydrogen (secondary N) is 1. The zero-order valence-electron chi connectivity index (χ0n) is 14.1. The molecule has 0 atom stereocenters. The fourth-order valence-corrected chi connectivity index (χ4v) is 3.12. The van der Waals surface area contributed by atoms with E-state index in [9.17, 15) is 0 Å². The molecule has 0 aromatic carbocycles. The number of aromatic nitrogens is 3. The Bertz CT molecular complexity index is 944. The minimum Gasteiger partial charge on any atom is -0.463 e. The van der Waals surface area contributed by atoms with Crippen LogP contribution in [-0.4, -0.2) is 26.4 Å². The number of aromatic amines is 1. The summed E-state index contributed by atoms with van der Waals surface area (Å²) < 4.78 is 5.64. The maximum absolute atomic E-state index is 5.64. The van der Waals surface area contributed by atoms with Crippen LogP contribution in [0.2, 0.25) is 0 Å². The lowest BCUT2D eigenvalue weighted by molar-refractivity contribution is 0.272. The van der Waals surface area contributed by atoms with Crippen molar-refractivity contribution in [1.82, 2.24) is 19.9 Å². The van der Waals surface area contributed by atoms with Crippen molar-refractivity contribution in [2.75, 3.05) is 6.54 Å². The molecule has 4 aromatic rings. The lowest BCUT2D eigenvalue weighted by Gasteiger charge is -2.21. The van der Waals surface area contributed by atoms with Gasteiger partial charge >= 0.3 is 0 Å². The first kappa shape index (κ1) is 15.6. The maximum atomic E-state index is 5.64. The van der Waals surface area contributed by atoms with Gasteiger partial charge in [0.1, 0.15) is 11.4 Å². The number of H-pyrrole nitrogens is 1. The predicted octanol–water partition coefficient (Wildman–Crippen LogP) is 4.24. The Balaban J connectivity index is 1.71. The van der Waals surface area contributed by atoms with Crippen LogP contribution in [0.25, 0.3) is 22.5 Å². The van der Waals surface area contributed by atoms with Gasteiger partial charge < -0.3 is 9.40 Å². The summed E-state index contributed by atoms with van der Waals surface area (Å²) >= 11 is 0. The first-order chi connectivity index (χ1) is 12.3. The summed E-state index contributed by atoms with van der Waals surface area (Å²) in [6.45, 7) is 4.83. The number of nitrogens with zero attached hydrogens (tertiary/aromatic N) is 3. The summed E-state index contributed by atoms with van der Waals surface area (Å²) in [6.07, 6.45) is 7.19. The molecule has 0 saturated carbocycles. The summed E-state index contributed by atoms with van der Waals surface area (Å²) in [7, 11) is 0. The van der Waals surface area contributed by atoms with Gasteiger partial charge in [-0.15, -0.1) is 0 Å². The van der Waals surface area contributed by atoms with E-state index in [2.05, 4.69) is 45.0 Å². The molecule has 1 N–H and O–H groups in total. The van der Waals surface area contributed by atoms with Crippen molar-refractivity contribution in [2.24, 2.45) is 0 Å². The van der Waals surface area contributed by atoms with Gasteiger partial charge in [-0.2, -0.15) is 0 Å². The van der Waals surface area contributed by atoms with Crippen LogP contribution in [0.1, 0.15) is 18.1 Å². The van der Waals surface area contributed by atoms with Crippen molar-refractivity contribution < 1.29 is 4.42 Å². The molecule has 0 bridgehead atoms. The first-order valence-electron chi connectivity index (χ1n) is 8.46. The van der Waals surface area contributed by atoms with Gasteiger partial charge in [0.05, 0.1) is 12.0 Å². The minimum absolute atomic E-state index is 0.820. The molecule has 5 heteroatoms. The number of hydrogen-bond donors (Lipinski definition) is 1. The molecule has 0 saturated heterocycles. The molecule has 5 nitrogen and oxygen atoms in total. The molecule has 0 aliphatic heterocycles. The van der Waals surface area contributed by atoms with Crippen molar-refractivity contribution in [3.05, 3.63) is 72.4 Å². The maximum Gasteiger partial charge on any atom is 0.150 e. The van der Waals surface area contributed by atoms with Gasteiger partial charge in [0, 0.05) is 42.6 Å². The average Bonchev–Trinajstić information content (AvgIpc) is 3.30. The van der Waals surface area contributed by atoms with E-state index in [0.717, 1.165) is 42.1 Å². The van der Waals surface area contributed by atoms with Crippen LogP contribution < -0.4 is 0 Å². The predicted molar refractivity (Wildman–Crippen MR) is 97.8 cm³/mol. The molecule has 0 fully saturated rings. The SMILES string of the molecule is CCN(Cc1ccncc1)Cc1c(-c2ccco2)[nH]c2ncccc12. The van der Waals surface area contributed by atoms with E-state index in [0.29, 0.717) is 0 Å². The monoisotopic (exact) mass is 332 g/mol. The van der Waals surface area contributed by atoms with E-state index in [-0.39, 0.29) is 0 Å². The molecule has 0 aliphatic rings. The molecule has 0 unspecified atom stereocenters. The topological polar surface area (TPSA) is 58.0 Å². The average molecular weight is 332 g/mol. The Labute approximate surface area is 146 Å². The van der Waals surface area contributed by atoms with Gasteiger partial charge in [0.2, 0.25) is 0 Å². The number of pyridine rings is 2. The molecule has 4 aromatic heterocycles. The van der Waals surface area contributed by atoms with Crippen LogP contribution in [0.5, 0.6) is 0 Å². The van der Waals surface area contributed by atoms with Crippen LogP contribution >= 0.6 is 0 Å². The fraction of sp³-hybridized carbons (Fsp3) is 0.200. The fourth-order valence-electron chi connectivity index (χ4n) is 3.12. The lowest BCUT2D eigenvalue weighted by Crippen LogP contribution is -2.22. The van der Waals surface area contributed by atoms with Crippen LogP contribution in [0.3, 0.4) is 0 Å². The van der Waals surface area contributed by atoms with Gasteiger partial charge in [-0.3, -0.25) is 9.88 Å². The Hall–Kier alpha value is -2.92. The van der Waals surface area contributed by atoms with Crippen molar-refractivity contribution >= 4 is 11.0 Å². The zero-order valence-corrected chi connectivity index (χ0v) is 14.1. The van der Waals surface area contributed by atoms with E-state index in [1.165, 1.54) is 11.1 Å². The summed E-state index contributed by atoms with van der Waals surface area (Å²) in [5, 5.41) is 1.14. The number of hydrogen-bond acceptors (Lipinski definition) is 4. The number of furan rings is 1. The Morgan fingerprint density at radius 2 is 1.92 bits per heavy atom. The van der Waals surface area contributed by atoms with Gasteiger partial charge in [-0.25, -0.2) is 4.98 Å². The van der Waals surface area contributed by atoms with Gasteiger partial charge in [-0.1, -0.05) is 6.92 Å². The number of rotatable bonds is 6. The second-order valence-corrected chi connectivity index (χ2v) is 6.01. The molecule has 126 valence electrons. The largest absolute Gasteiger partial charge is 0.463 e. The molecule has 4 rings (SSSR count). The van der Waals surface area contributed by atoms with E-state index in [1.807, 2.05) is 36.8 Å². The molecule has 25 heavy (non-hydrogen) atoms. The minimum atomic E-state index is 0.820. The van der Waals surface area contributed by atoms with Gasteiger partial charge in [-0.05, 0) is 48.5 Å². The van der Waals surface area contributed by atoms with Crippen LogP contribution in [0.4, 0.5) is 0 Å². The third kappa shape index (κ3) is 3.19. The third-order valence-corrected chi connectivity index (χ3v) is 4.43. The first-order valence-corrected chi connectivity index (χ1v) is 8.46. The highest BCUT2D eigenvalue weighted by molar-refractivity contribution is 5.87. The lowest BCUT2D eigenvalue weighted by atomic mass is 10.1. The van der Waals surface area contributed by atoms with Crippen molar-refractivity contribution in [3.8, 4) is 11.5 Å². The van der Waals surface area contributed by atoms with E-state index in [4.69, 9.17) is 4.42 Å². The highest BCUT2D eigenvalue weighted by Gasteiger charge is 2.18. The third-order valence-electron chi connectivity index (χ3n) is 4.43. The number of fused-ring (bicyclic) bond motifs is 1. The highest BCUT2D eigenvalue weighted by atomic mass is 16.3. The quantitative estimate of drug-likeness (QED) is 0.574. The van der Waals surface area contributed by atoms with E-state index < -0.39 is 0 Å². The summed E-state index contributed by atoms with van der Waals surface area (Å²) in [5.41, 5.74) is 4.37. The smallest absolute Gasteiger partial charge is 0.150 e. The van der Waals surface area contributed by atoms with Crippen molar-refractivity contribution in [2.45, 2.75) is 20.0 Å². The Morgan fingerprint density at radius 1 is 1.04 bits per heavy atom. The van der Waals surface area contributed by atoms with Gasteiger partial charge in [0.25, 0.3) is 0 Å². The molecule has 0 radical (unpaired) electrons. The molecule has 4 heterocycles. The van der Waals surface area contributed by atoms with Crippen molar-refractivity contribution in [3.63, 3.8) is 0 Å². The Morgan fingerprint density at radius 3 is 2.68 bits per heavy atom. The van der Waals surface area contributed by atoms with Crippen molar-refractivity contribution in [1.29, 1.82) is 0 Å². The molecule has 0 spiro atoms. The molecular formula is C20H20N4O. The zero-order chi connectivity index (χ0) is 17.1. The summed E-state index contributed by atoms with van der Waals surface area (Å²) in [6, 6.07) is 12.1. The van der Waals surface area contributed by atoms with Crippen LogP contribution in [0.15, 0.2) is 65.7 Å². The van der Waals surface area contributed by atoms with Gasteiger partial charge in [0.15, 0.2) is 0 Å². The summed E-state index contributed by atoms with van der Waals surface area (Å²) in [5.74, 6) is 0.841. The molecule has 0 amide bonds. The van der Waals surface area contributed by atoms with E-state index >= 15 is 0 Å². The standard InChI is InChI=1S/C20H20N4O/c1-2-24(13-15-7-10-21-11-8-15)14-17-16-5-3-9-22-20(16)23-19(17)18-6-4-12-25-18/h3-12H,2,13-14H2,1H3,(H,22,23). The molecule has 0 aliphatic carbocycles. The second-order valence-electron chi connectivity index (χ2n) is 6.01. The second kappa shape index (κ2) is 6.91. The Kier molecular flexibility index (Phi) is 4.31. The summed E-state index contributed by atoms with van der Waals surface area (Å²) in [4.78, 5) is 14.4. The van der Waals surface area contributed by atoms with Crippen LogP contribution in [0, 0.1) is 0 Å². The van der Waals surface area contributed by atoms with Crippen LogP contribution in [-0.2, 0) is 13.1 Å². The van der Waals surface area contributed by atoms with E-state index in [1.54, 1.807) is 6.26 Å². The molecular weight excluding hydrogens is 312 g/mol. The normalized spacial score (nSPS) is 11.4. The highest BCUT2D eigenvalue weighted by Crippen LogP contribution is 2.31.